The van der Waals surface area contributed by atoms with Gasteiger partial charge < -0.3 is 9.64 Å². The number of carbonyl (C=O) groups is 1. The molecule has 0 N–H and O–H groups in total. The first-order valence-electron chi connectivity index (χ1n) is 5.26. The molecule has 0 spiro atoms. The molecule has 14 heavy (non-hydrogen) atoms. The van der Waals surface area contributed by atoms with Gasteiger partial charge in [-0.05, 0) is 12.8 Å². The molecule has 0 unspecified atom stereocenters. The standard InChI is InChI=1S/C10H16ClNO2/c11-6-10(13)12-4-5-14-7-8-2-1-3-9(8)12/h8-9H,1-7H2/t8-,9+/m0/s1. The van der Waals surface area contributed by atoms with Crippen molar-refractivity contribution in [3.05, 3.63) is 0 Å². The van der Waals surface area contributed by atoms with Gasteiger partial charge in [-0.3, -0.25) is 4.79 Å². The lowest BCUT2D eigenvalue weighted by atomic mass is 10.0. The van der Waals surface area contributed by atoms with Crippen molar-refractivity contribution in [3.8, 4) is 0 Å². The van der Waals surface area contributed by atoms with E-state index in [0.717, 1.165) is 13.0 Å². The van der Waals surface area contributed by atoms with Gasteiger partial charge in [0, 0.05) is 18.5 Å². The van der Waals surface area contributed by atoms with Crippen LogP contribution in [0.4, 0.5) is 0 Å². The molecular weight excluding hydrogens is 202 g/mol. The van der Waals surface area contributed by atoms with Crippen LogP contribution in [0.25, 0.3) is 0 Å². The Bertz CT molecular complexity index is 222. The van der Waals surface area contributed by atoms with Crippen molar-refractivity contribution in [2.75, 3.05) is 25.6 Å². The Morgan fingerprint density at radius 1 is 1.50 bits per heavy atom. The molecule has 0 aromatic heterocycles. The van der Waals surface area contributed by atoms with Crippen LogP contribution in [0.15, 0.2) is 0 Å². The van der Waals surface area contributed by atoms with E-state index in [-0.39, 0.29) is 11.8 Å². The highest BCUT2D eigenvalue weighted by Crippen LogP contribution is 2.31. The van der Waals surface area contributed by atoms with Gasteiger partial charge in [-0.25, -0.2) is 0 Å². The zero-order chi connectivity index (χ0) is 9.97. The van der Waals surface area contributed by atoms with E-state index in [2.05, 4.69) is 0 Å². The normalized spacial score (nSPS) is 32.5. The molecule has 1 heterocycles. The molecule has 4 heteroatoms. The summed E-state index contributed by atoms with van der Waals surface area (Å²) in [6.45, 7) is 2.19. The number of rotatable bonds is 1. The van der Waals surface area contributed by atoms with Gasteiger partial charge in [0.15, 0.2) is 0 Å². The fourth-order valence-corrected chi connectivity index (χ4v) is 2.73. The smallest absolute Gasteiger partial charge is 0.237 e. The zero-order valence-electron chi connectivity index (χ0n) is 8.25. The van der Waals surface area contributed by atoms with Gasteiger partial charge in [0.05, 0.1) is 13.2 Å². The van der Waals surface area contributed by atoms with Crippen molar-refractivity contribution in [2.45, 2.75) is 25.3 Å². The van der Waals surface area contributed by atoms with Gasteiger partial charge in [0.1, 0.15) is 5.88 Å². The van der Waals surface area contributed by atoms with Crippen LogP contribution >= 0.6 is 11.6 Å². The quantitative estimate of drug-likeness (QED) is 0.619. The van der Waals surface area contributed by atoms with E-state index in [9.17, 15) is 4.79 Å². The Morgan fingerprint density at radius 2 is 2.36 bits per heavy atom. The number of ether oxygens (including phenoxy) is 1. The second-order valence-electron chi connectivity index (χ2n) is 4.05. The molecule has 0 aromatic carbocycles. The van der Waals surface area contributed by atoms with E-state index >= 15 is 0 Å². The van der Waals surface area contributed by atoms with Crippen molar-refractivity contribution in [1.82, 2.24) is 4.90 Å². The van der Waals surface area contributed by atoms with E-state index in [1.807, 2.05) is 4.90 Å². The lowest BCUT2D eigenvalue weighted by molar-refractivity contribution is -0.131. The highest BCUT2D eigenvalue weighted by atomic mass is 35.5. The minimum atomic E-state index is 0.0640. The molecule has 2 rings (SSSR count). The SMILES string of the molecule is O=C(CCl)N1CCOC[C@@H]2CCC[C@H]21. The summed E-state index contributed by atoms with van der Waals surface area (Å²) in [6.07, 6.45) is 3.53. The van der Waals surface area contributed by atoms with Crippen LogP contribution in [0.5, 0.6) is 0 Å². The van der Waals surface area contributed by atoms with Crippen LogP contribution in [0.3, 0.4) is 0 Å². The fourth-order valence-electron chi connectivity index (χ4n) is 2.57. The maximum absolute atomic E-state index is 11.6. The lowest BCUT2D eigenvalue weighted by Crippen LogP contribution is -2.43. The molecule has 1 saturated heterocycles. The van der Waals surface area contributed by atoms with Gasteiger partial charge >= 0.3 is 0 Å². The number of hydrogen-bond acceptors (Lipinski definition) is 2. The Hall–Kier alpha value is -0.280. The van der Waals surface area contributed by atoms with Gasteiger partial charge in [-0.2, -0.15) is 0 Å². The average Bonchev–Trinajstić information content (AvgIpc) is 2.57. The number of carbonyl (C=O) groups excluding carboxylic acids is 1. The molecule has 3 nitrogen and oxygen atoms in total. The number of halogens is 1. The van der Waals surface area contributed by atoms with Crippen LogP contribution in [-0.4, -0.2) is 42.5 Å². The zero-order valence-corrected chi connectivity index (χ0v) is 9.00. The third-order valence-electron chi connectivity index (χ3n) is 3.26. The number of alkyl halides is 1. The van der Waals surface area contributed by atoms with Crippen molar-refractivity contribution >= 4 is 17.5 Å². The second-order valence-corrected chi connectivity index (χ2v) is 4.32. The third kappa shape index (κ3) is 1.89. The van der Waals surface area contributed by atoms with Crippen molar-refractivity contribution < 1.29 is 9.53 Å². The number of amides is 1. The molecule has 0 aromatic rings. The molecule has 80 valence electrons. The average molecular weight is 218 g/mol. The third-order valence-corrected chi connectivity index (χ3v) is 3.49. The van der Waals surface area contributed by atoms with Gasteiger partial charge in [-0.1, -0.05) is 6.42 Å². The predicted molar refractivity (Wildman–Crippen MR) is 54.4 cm³/mol. The summed E-state index contributed by atoms with van der Waals surface area (Å²) < 4.78 is 5.50. The van der Waals surface area contributed by atoms with Crippen LogP contribution < -0.4 is 0 Å². The Morgan fingerprint density at radius 3 is 3.14 bits per heavy atom. The predicted octanol–water partition coefficient (Wildman–Crippen LogP) is 1.25. The Balaban J connectivity index is 2.08. The maximum Gasteiger partial charge on any atom is 0.237 e. The van der Waals surface area contributed by atoms with Crippen molar-refractivity contribution in [2.24, 2.45) is 5.92 Å². The minimum absolute atomic E-state index is 0.0640. The number of hydrogen-bond donors (Lipinski definition) is 0. The Kier molecular flexibility index (Phi) is 3.29. The largest absolute Gasteiger partial charge is 0.379 e. The highest BCUT2D eigenvalue weighted by Gasteiger charge is 2.35. The van der Waals surface area contributed by atoms with Gasteiger partial charge in [-0.15, -0.1) is 11.6 Å². The summed E-state index contributed by atoms with van der Waals surface area (Å²) in [6, 6.07) is 0.392. The molecule has 1 saturated carbocycles. The van der Waals surface area contributed by atoms with Gasteiger partial charge in [0.2, 0.25) is 5.91 Å². The lowest BCUT2D eigenvalue weighted by Gasteiger charge is -2.29. The first-order chi connectivity index (χ1) is 6.83. The first-order valence-corrected chi connectivity index (χ1v) is 5.79. The molecule has 0 bridgehead atoms. The van der Waals surface area contributed by atoms with Crippen LogP contribution in [0.1, 0.15) is 19.3 Å². The van der Waals surface area contributed by atoms with Crippen molar-refractivity contribution in [1.29, 1.82) is 0 Å². The van der Waals surface area contributed by atoms with Crippen molar-refractivity contribution in [3.63, 3.8) is 0 Å². The fraction of sp³-hybridized carbons (Fsp3) is 0.900. The molecule has 1 aliphatic carbocycles. The molecule has 2 atom stereocenters. The summed E-state index contributed by atoms with van der Waals surface area (Å²) >= 11 is 5.60. The topological polar surface area (TPSA) is 29.5 Å². The first kappa shape index (κ1) is 10.2. The summed E-state index contributed by atoms with van der Waals surface area (Å²) in [5, 5.41) is 0. The second kappa shape index (κ2) is 4.49. The summed E-state index contributed by atoms with van der Waals surface area (Å²) in [5.41, 5.74) is 0. The molecule has 2 aliphatic rings. The van der Waals surface area contributed by atoms with Crippen LogP contribution in [0, 0.1) is 5.92 Å². The molecular formula is C10H16ClNO2. The van der Waals surface area contributed by atoms with Crippen LogP contribution in [0.2, 0.25) is 0 Å². The molecule has 1 aliphatic heterocycles. The minimum Gasteiger partial charge on any atom is -0.379 e. The van der Waals surface area contributed by atoms with E-state index in [4.69, 9.17) is 16.3 Å². The highest BCUT2D eigenvalue weighted by molar-refractivity contribution is 6.27. The number of nitrogens with zero attached hydrogens (tertiary/aromatic N) is 1. The van der Waals surface area contributed by atoms with Crippen LogP contribution in [-0.2, 0) is 9.53 Å². The number of fused-ring (bicyclic) bond motifs is 1. The summed E-state index contributed by atoms with van der Waals surface area (Å²) in [4.78, 5) is 13.5. The maximum atomic E-state index is 11.6. The van der Waals surface area contributed by atoms with E-state index in [1.165, 1.54) is 12.8 Å². The molecule has 2 fully saturated rings. The molecule has 0 radical (unpaired) electrons. The van der Waals surface area contributed by atoms with E-state index < -0.39 is 0 Å². The monoisotopic (exact) mass is 217 g/mol. The summed E-state index contributed by atoms with van der Waals surface area (Å²) in [5.74, 6) is 0.710. The molecule has 1 amide bonds. The van der Waals surface area contributed by atoms with E-state index in [1.54, 1.807) is 0 Å². The summed E-state index contributed by atoms with van der Waals surface area (Å²) in [7, 11) is 0. The van der Waals surface area contributed by atoms with E-state index in [0.29, 0.717) is 25.1 Å². The van der Waals surface area contributed by atoms with Gasteiger partial charge in [0.25, 0.3) is 0 Å². The Labute approximate surface area is 89.4 Å².